The van der Waals surface area contributed by atoms with Gasteiger partial charge in [0.15, 0.2) is 0 Å². The summed E-state index contributed by atoms with van der Waals surface area (Å²) in [6.07, 6.45) is 0.680. The Balaban J connectivity index is 2.39. The number of carbonyl (C=O) groups is 1. The number of hydrogen-bond acceptors (Lipinski definition) is 4. The number of hydrogen-bond donors (Lipinski definition) is 2. The Morgan fingerprint density at radius 1 is 1.22 bits per heavy atom. The van der Waals surface area contributed by atoms with Crippen molar-refractivity contribution >= 4 is 15.9 Å². The zero-order valence-corrected chi connectivity index (χ0v) is 14.3. The highest BCUT2D eigenvalue weighted by atomic mass is 32.2. The third-order valence-electron chi connectivity index (χ3n) is 3.27. The maximum Gasteiger partial charge on any atom is 0.242 e. The monoisotopic (exact) mass is 345 g/mol. The molecule has 8 heteroatoms. The van der Waals surface area contributed by atoms with E-state index >= 15 is 0 Å². The lowest BCUT2D eigenvalue weighted by atomic mass is 10.3. The van der Waals surface area contributed by atoms with Crippen LogP contribution in [0.5, 0.6) is 0 Å². The Hall–Kier alpha value is -1.51. The van der Waals surface area contributed by atoms with Crippen LogP contribution in [0.25, 0.3) is 0 Å². The molecular formula is C15H24FN3O3S. The van der Waals surface area contributed by atoms with Crippen LogP contribution in [-0.4, -0.2) is 51.9 Å². The molecule has 1 aromatic carbocycles. The molecule has 0 spiro atoms. The quantitative estimate of drug-likeness (QED) is 0.619. The van der Waals surface area contributed by atoms with Gasteiger partial charge in [0.05, 0.1) is 4.90 Å². The van der Waals surface area contributed by atoms with Crippen molar-refractivity contribution in [2.45, 2.75) is 24.7 Å². The Morgan fingerprint density at radius 3 is 2.48 bits per heavy atom. The Kier molecular flexibility index (Phi) is 8.15. The van der Waals surface area contributed by atoms with Crippen molar-refractivity contribution in [3.8, 4) is 0 Å². The largest absolute Gasteiger partial charge is 0.355 e. The fourth-order valence-electron chi connectivity index (χ4n) is 1.92. The lowest BCUT2D eigenvalue weighted by molar-refractivity contribution is -0.121. The highest BCUT2D eigenvalue weighted by molar-refractivity contribution is 7.89. The molecule has 0 saturated heterocycles. The third-order valence-corrected chi connectivity index (χ3v) is 5.14. The summed E-state index contributed by atoms with van der Waals surface area (Å²) in [5.41, 5.74) is 0. The fraction of sp³-hybridized carbons (Fsp3) is 0.533. The number of benzene rings is 1. The van der Waals surface area contributed by atoms with Crippen LogP contribution in [0.2, 0.25) is 0 Å². The first-order valence-corrected chi connectivity index (χ1v) is 9.01. The van der Waals surface area contributed by atoms with Crippen molar-refractivity contribution in [1.82, 2.24) is 14.9 Å². The first-order chi connectivity index (χ1) is 10.9. The molecule has 6 nitrogen and oxygen atoms in total. The SMILES string of the molecule is CCNCCNC(=O)CCCN(C)S(=O)(=O)c1ccc(F)cc1. The molecule has 1 rings (SSSR count). The van der Waals surface area contributed by atoms with Crippen LogP contribution in [-0.2, 0) is 14.8 Å². The van der Waals surface area contributed by atoms with E-state index in [4.69, 9.17) is 0 Å². The van der Waals surface area contributed by atoms with Crippen molar-refractivity contribution in [2.75, 3.05) is 33.2 Å². The number of sulfonamides is 1. The van der Waals surface area contributed by atoms with Crippen molar-refractivity contribution in [1.29, 1.82) is 0 Å². The van der Waals surface area contributed by atoms with Crippen molar-refractivity contribution in [2.24, 2.45) is 0 Å². The third kappa shape index (κ3) is 6.64. The summed E-state index contributed by atoms with van der Waals surface area (Å²) in [6.45, 7) is 4.32. The first-order valence-electron chi connectivity index (χ1n) is 7.57. The van der Waals surface area contributed by atoms with Gasteiger partial charge in [-0.05, 0) is 37.2 Å². The fourth-order valence-corrected chi connectivity index (χ4v) is 3.13. The van der Waals surface area contributed by atoms with E-state index in [0.29, 0.717) is 19.5 Å². The van der Waals surface area contributed by atoms with Gasteiger partial charge < -0.3 is 10.6 Å². The smallest absolute Gasteiger partial charge is 0.242 e. The predicted molar refractivity (Wildman–Crippen MR) is 87.0 cm³/mol. The van der Waals surface area contributed by atoms with Gasteiger partial charge in [-0.15, -0.1) is 0 Å². The lowest BCUT2D eigenvalue weighted by Gasteiger charge is -2.17. The standard InChI is InChI=1S/C15H24FN3O3S/c1-3-17-10-11-18-15(20)5-4-12-19(2)23(21,22)14-8-6-13(16)7-9-14/h6-9,17H,3-5,10-12H2,1-2H3,(H,18,20). The highest BCUT2D eigenvalue weighted by Crippen LogP contribution is 2.15. The normalized spacial score (nSPS) is 11.7. The molecule has 0 fully saturated rings. The molecular weight excluding hydrogens is 321 g/mol. The molecule has 0 aliphatic carbocycles. The zero-order valence-electron chi connectivity index (χ0n) is 13.5. The second-order valence-electron chi connectivity index (χ2n) is 5.09. The minimum absolute atomic E-state index is 0.0384. The van der Waals surface area contributed by atoms with Gasteiger partial charge in [-0.1, -0.05) is 6.92 Å². The molecule has 0 aliphatic heterocycles. The summed E-state index contributed by atoms with van der Waals surface area (Å²) in [5, 5.41) is 5.85. The van der Waals surface area contributed by atoms with Crippen LogP contribution < -0.4 is 10.6 Å². The van der Waals surface area contributed by atoms with Crippen LogP contribution in [0.3, 0.4) is 0 Å². The van der Waals surface area contributed by atoms with Crippen LogP contribution in [0, 0.1) is 5.82 Å². The summed E-state index contributed by atoms with van der Waals surface area (Å²) < 4.78 is 38.5. The lowest BCUT2D eigenvalue weighted by Crippen LogP contribution is -2.33. The number of halogens is 1. The molecule has 1 amide bonds. The van der Waals surface area contributed by atoms with Gasteiger partial charge in [0, 0.05) is 33.1 Å². The molecule has 0 bridgehead atoms. The minimum Gasteiger partial charge on any atom is -0.355 e. The number of likely N-dealkylation sites (N-methyl/N-ethyl adjacent to an activating group) is 1. The number of carbonyl (C=O) groups excluding carboxylic acids is 1. The predicted octanol–water partition coefficient (Wildman–Crippen LogP) is 0.952. The molecule has 0 aromatic heterocycles. The van der Waals surface area contributed by atoms with E-state index in [-0.39, 0.29) is 23.8 Å². The minimum atomic E-state index is -3.65. The van der Waals surface area contributed by atoms with E-state index in [0.717, 1.165) is 18.7 Å². The van der Waals surface area contributed by atoms with Crippen LogP contribution in [0.4, 0.5) is 4.39 Å². The number of amides is 1. The highest BCUT2D eigenvalue weighted by Gasteiger charge is 2.20. The second-order valence-corrected chi connectivity index (χ2v) is 7.13. The van der Waals surface area contributed by atoms with Crippen LogP contribution in [0.15, 0.2) is 29.2 Å². The van der Waals surface area contributed by atoms with Crippen molar-refractivity contribution in [3.05, 3.63) is 30.1 Å². The van der Waals surface area contributed by atoms with Gasteiger partial charge in [-0.2, -0.15) is 0 Å². The van der Waals surface area contributed by atoms with Gasteiger partial charge in [0.25, 0.3) is 0 Å². The summed E-state index contributed by atoms with van der Waals surface area (Å²) in [4.78, 5) is 11.6. The van der Waals surface area contributed by atoms with Crippen molar-refractivity contribution < 1.29 is 17.6 Å². The van der Waals surface area contributed by atoms with Gasteiger partial charge in [-0.3, -0.25) is 4.79 Å². The van der Waals surface area contributed by atoms with Crippen LogP contribution in [0.1, 0.15) is 19.8 Å². The van der Waals surface area contributed by atoms with Gasteiger partial charge in [0.2, 0.25) is 15.9 Å². The number of rotatable bonds is 10. The first kappa shape index (κ1) is 19.5. The summed E-state index contributed by atoms with van der Waals surface area (Å²) in [5.74, 6) is -0.587. The Labute approximate surface area is 137 Å². The summed E-state index contributed by atoms with van der Waals surface area (Å²) in [6, 6.07) is 4.68. The molecule has 23 heavy (non-hydrogen) atoms. The van der Waals surface area contributed by atoms with E-state index in [1.807, 2.05) is 6.92 Å². The molecule has 130 valence electrons. The van der Waals surface area contributed by atoms with Gasteiger partial charge in [0.1, 0.15) is 5.82 Å². The Morgan fingerprint density at radius 2 is 1.87 bits per heavy atom. The average Bonchev–Trinajstić information content (AvgIpc) is 2.52. The average molecular weight is 345 g/mol. The summed E-state index contributed by atoms with van der Waals surface area (Å²) >= 11 is 0. The molecule has 0 aliphatic rings. The summed E-state index contributed by atoms with van der Waals surface area (Å²) in [7, 11) is -2.21. The molecule has 2 N–H and O–H groups in total. The van der Waals surface area contributed by atoms with Gasteiger partial charge in [-0.25, -0.2) is 17.1 Å². The number of nitrogens with zero attached hydrogens (tertiary/aromatic N) is 1. The van der Waals surface area contributed by atoms with Crippen LogP contribution >= 0.6 is 0 Å². The maximum absolute atomic E-state index is 12.9. The topological polar surface area (TPSA) is 78.5 Å². The van der Waals surface area contributed by atoms with E-state index in [1.54, 1.807) is 0 Å². The molecule has 1 aromatic rings. The molecule has 0 heterocycles. The molecule has 0 atom stereocenters. The van der Waals surface area contributed by atoms with Gasteiger partial charge >= 0.3 is 0 Å². The van der Waals surface area contributed by atoms with Crippen molar-refractivity contribution in [3.63, 3.8) is 0 Å². The van der Waals surface area contributed by atoms with E-state index < -0.39 is 15.8 Å². The number of nitrogens with one attached hydrogen (secondary N) is 2. The molecule has 0 unspecified atom stereocenters. The maximum atomic E-state index is 12.9. The second kappa shape index (κ2) is 9.59. The molecule has 0 radical (unpaired) electrons. The zero-order chi connectivity index (χ0) is 17.3. The van der Waals surface area contributed by atoms with E-state index in [9.17, 15) is 17.6 Å². The molecule has 0 saturated carbocycles. The van der Waals surface area contributed by atoms with E-state index in [2.05, 4.69) is 10.6 Å². The Bertz CT molecular complexity index is 590. The van der Waals surface area contributed by atoms with E-state index in [1.165, 1.54) is 23.5 Å².